The van der Waals surface area contributed by atoms with Crippen molar-refractivity contribution >= 4 is 21.7 Å². The number of aryl methyl sites for hydroxylation is 1. The number of hydrogen-bond acceptors (Lipinski definition) is 3. The van der Waals surface area contributed by atoms with Crippen LogP contribution in [0.1, 0.15) is 52.6 Å². The number of halogens is 1. The van der Waals surface area contributed by atoms with E-state index in [1.807, 2.05) is 0 Å². The van der Waals surface area contributed by atoms with Crippen molar-refractivity contribution in [2.75, 3.05) is 11.9 Å². The summed E-state index contributed by atoms with van der Waals surface area (Å²) >= 11 is 3.62. The van der Waals surface area contributed by atoms with Crippen molar-refractivity contribution in [3.05, 3.63) is 16.0 Å². The molecule has 4 heteroatoms. The molecule has 0 spiro atoms. The van der Waals surface area contributed by atoms with Crippen LogP contribution in [0, 0.1) is 0 Å². The normalized spacial score (nSPS) is 11.6. The highest BCUT2D eigenvalue weighted by Crippen LogP contribution is 2.32. The molecular weight excluding hydrogens is 278 g/mol. The predicted octanol–water partition coefficient (Wildman–Crippen LogP) is 3.92. The molecule has 96 valence electrons. The lowest BCUT2D eigenvalue weighted by Crippen LogP contribution is -2.18. The molecule has 1 aromatic rings. The van der Waals surface area contributed by atoms with E-state index in [0.29, 0.717) is 0 Å². The summed E-state index contributed by atoms with van der Waals surface area (Å²) in [6.07, 6.45) is 1.94. The first-order valence-corrected chi connectivity index (χ1v) is 7.00. The van der Waals surface area contributed by atoms with Crippen LogP contribution in [0.2, 0.25) is 0 Å². The molecule has 0 aliphatic rings. The Bertz CT molecular complexity index is 383. The Morgan fingerprint density at radius 2 is 1.82 bits per heavy atom. The van der Waals surface area contributed by atoms with Crippen LogP contribution in [0.4, 0.5) is 5.82 Å². The molecule has 0 aliphatic heterocycles. The van der Waals surface area contributed by atoms with Gasteiger partial charge in [0.25, 0.3) is 0 Å². The summed E-state index contributed by atoms with van der Waals surface area (Å²) in [5.41, 5.74) is 1.09. The highest BCUT2D eigenvalue weighted by atomic mass is 79.9. The smallest absolute Gasteiger partial charge is 0.144 e. The summed E-state index contributed by atoms with van der Waals surface area (Å²) in [6, 6.07) is 0. The van der Waals surface area contributed by atoms with E-state index in [1.54, 1.807) is 0 Å². The van der Waals surface area contributed by atoms with Crippen molar-refractivity contribution in [2.24, 2.45) is 0 Å². The van der Waals surface area contributed by atoms with E-state index in [1.165, 1.54) is 0 Å². The quantitative estimate of drug-likeness (QED) is 0.915. The van der Waals surface area contributed by atoms with Gasteiger partial charge in [0.2, 0.25) is 0 Å². The third kappa shape index (κ3) is 3.66. The predicted molar refractivity (Wildman–Crippen MR) is 76.6 cm³/mol. The van der Waals surface area contributed by atoms with Crippen molar-refractivity contribution in [3.63, 3.8) is 0 Å². The van der Waals surface area contributed by atoms with Crippen LogP contribution in [-0.2, 0) is 11.8 Å². The van der Waals surface area contributed by atoms with Gasteiger partial charge in [-0.15, -0.1) is 0 Å². The summed E-state index contributed by atoms with van der Waals surface area (Å²) in [6.45, 7) is 11.7. The van der Waals surface area contributed by atoms with Gasteiger partial charge in [0.05, 0.1) is 10.2 Å². The zero-order valence-electron chi connectivity index (χ0n) is 11.4. The Balaban J connectivity index is 3.21. The number of nitrogens with zero attached hydrogens (tertiary/aromatic N) is 2. The molecule has 1 N–H and O–H groups in total. The molecule has 0 bridgehead atoms. The molecule has 1 heterocycles. The lowest BCUT2D eigenvalue weighted by atomic mass is 9.92. The molecule has 0 unspecified atom stereocenters. The monoisotopic (exact) mass is 299 g/mol. The van der Waals surface area contributed by atoms with Gasteiger partial charge in [-0.3, -0.25) is 0 Å². The van der Waals surface area contributed by atoms with Crippen molar-refractivity contribution in [3.8, 4) is 0 Å². The maximum absolute atomic E-state index is 4.63. The molecule has 1 aromatic heterocycles. The van der Waals surface area contributed by atoms with Gasteiger partial charge in [-0.1, -0.05) is 34.6 Å². The molecule has 0 aliphatic carbocycles. The van der Waals surface area contributed by atoms with Crippen LogP contribution in [0.5, 0.6) is 0 Å². The van der Waals surface area contributed by atoms with Crippen LogP contribution in [0.15, 0.2) is 4.47 Å². The Kier molecular flexibility index (Phi) is 4.92. The Morgan fingerprint density at radius 1 is 1.18 bits per heavy atom. The third-order valence-corrected chi connectivity index (χ3v) is 3.22. The SMILES string of the molecule is CCCNc1nc(CC)nc(C(C)(C)C)c1Br. The van der Waals surface area contributed by atoms with Crippen molar-refractivity contribution < 1.29 is 0 Å². The second kappa shape index (κ2) is 5.80. The molecule has 0 radical (unpaired) electrons. The summed E-state index contributed by atoms with van der Waals surface area (Å²) in [5.74, 6) is 1.82. The topological polar surface area (TPSA) is 37.8 Å². The van der Waals surface area contributed by atoms with Crippen molar-refractivity contribution in [2.45, 2.75) is 52.9 Å². The lowest BCUT2D eigenvalue weighted by molar-refractivity contribution is 0.559. The molecule has 0 atom stereocenters. The number of aromatic nitrogens is 2. The molecule has 0 amide bonds. The number of hydrogen-bond donors (Lipinski definition) is 1. The minimum Gasteiger partial charge on any atom is -0.369 e. The molecule has 17 heavy (non-hydrogen) atoms. The van der Waals surface area contributed by atoms with Gasteiger partial charge in [-0.25, -0.2) is 9.97 Å². The highest BCUT2D eigenvalue weighted by molar-refractivity contribution is 9.10. The van der Waals surface area contributed by atoms with Gasteiger partial charge in [0.15, 0.2) is 0 Å². The highest BCUT2D eigenvalue weighted by Gasteiger charge is 2.22. The summed E-state index contributed by atoms with van der Waals surface area (Å²) in [4.78, 5) is 9.17. The van der Waals surface area contributed by atoms with E-state index in [9.17, 15) is 0 Å². The first-order valence-electron chi connectivity index (χ1n) is 6.20. The first-order chi connectivity index (χ1) is 7.90. The van der Waals surface area contributed by atoms with Gasteiger partial charge in [-0.2, -0.15) is 0 Å². The van der Waals surface area contributed by atoms with E-state index < -0.39 is 0 Å². The third-order valence-electron chi connectivity index (χ3n) is 2.47. The first kappa shape index (κ1) is 14.4. The average Bonchev–Trinajstić information content (AvgIpc) is 2.26. The Morgan fingerprint density at radius 3 is 2.29 bits per heavy atom. The number of rotatable bonds is 4. The number of nitrogens with one attached hydrogen (secondary N) is 1. The Hall–Kier alpha value is -0.640. The van der Waals surface area contributed by atoms with Gasteiger partial charge < -0.3 is 5.32 Å². The van der Waals surface area contributed by atoms with Crippen LogP contribution in [0.25, 0.3) is 0 Å². The summed E-state index contributed by atoms with van der Waals surface area (Å²) < 4.78 is 0.996. The van der Waals surface area contributed by atoms with E-state index in [2.05, 4.69) is 65.8 Å². The lowest BCUT2D eigenvalue weighted by Gasteiger charge is -2.22. The fraction of sp³-hybridized carbons (Fsp3) is 0.692. The fourth-order valence-electron chi connectivity index (χ4n) is 1.51. The second-order valence-electron chi connectivity index (χ2n) is 5.18. The van der Waals surface area contributed by atoms with E-state index in [4.69, 9.17) is 0 Å². The fourth-order valence-corrected chi connectivity index (χ4v) is 2.42. The molecule has 0 aromatic carbocycles. The molecule has 1 rings (SSSR count). The molecular formula is C13H22BrN3. The van der Waals surface area contributed by atoms with Gasteiger partial charge in [-0.05, 0) is 22.4 Å². The minimum atomic E-state index is 0.0222. The van der Waals surface area contributed by atoms with Gasteiger partial charge >= 0.3 is 0 Å². The zero-order chi connectivity index (χ0) is 13.1. The minimum absolute atomic E-state index is 0.0222. The van der Waals surface area contributed by atoms with Crippen LogP contribution >= 0.6 is 15.9 Å². The summed E-state index contributed by atoms with van der Waals surface area (Å²) in [7, 11) is 0. The molecule has 3 nitrogen and oxygen atoms in total. The van der Waals surface area contributed by atoms with E-state index >= 15 is 0 Å². The standard InChI is InChI=1S/C13H22BrN3/c1-6-8-15-12-10(14)11(13(3,4)5)16-9(7-2)17-12/h6-8H2,1-5H3,(H,15,16,17). The van der Waals surface area contributed by atoms with E-state index in [-0.39, 0.29) is 5.41 Å². The largest absolute Gasteiger partial charge is 0.369 e. The van der Waals surface area contributed by atoms with Crippen LogP contribution in [0.3, 0.4) is 0 Å². The van der Waals surface area contributed by atoms with Crippen molar-refractivity contribution in [1.82, 2.24) is 9.97 Å². The Labute approximate surface area is 113 Å². The molecule has 0 saturated carbocycles. The maximum Gasteiger partial charge on any atom is 0.144 e. The maximum atomic E-state index is 4.63. The van der Waals surface area contributed by atoms with E-state index in [0.717, 1.165) is 41.2 Å². The average molecular weight is 300 g/mol. The van der Waals surface area contributed by atoms with Crippen LogP contribution in [-0.4, -0.2) is 16.5 Å². The number of anilines is 1. The molecule has 0 fully saturated rings. The zero-order valence-corrected chi connectivity index (χ0v) is 13.0. The molecule has 0 saturated heterocycles. The van der Waals surface area contributed by atoms with Crippen molar-refractivity contribution in [1.29, 1.82) is 0 Å². The summed E-state index contributed by atoms with van der Waals surface area (Å²) in [5, 5.41) is 3.35. The van der Waals surface area contributed by atoms with Gasteiger partial charge in [0.1, 0.15) is 11.6 Å². The van der Waals surface area contributed by atoms with Crippen LogP contribution < -0.4 is 5.32 Å². The van der Waals surface area contributed by atoms with Gasteiger partial charge in [0, 0.05) is 18.4 Å². The second-order valence-corrected chi connectivity index (χ2v) is 5.97.